The lowest BCUT2D eigenvalue weighted by Crippen LogP contribution is -2.58. The summed E-state index contributed by atoms with van der Waals surface area (Å²) in [7, 11) is 0. The molecule has 0 radical (unpaired) electrons. The lowest BCUT2D eigenvalue weighted by molar-refractivity contribution is -0.142. The summed E-state index contributed by atoms with van der Waals surface area (Å²) in [5.41, 5.74) is 1.37. The number of halogens is 1. The standard InChI is InChI=1S/C29H35IN2O5/c30-23-13-7-8-14-25(23)37-26-19-21(29(36)31-15-16-33)18-24(28(26)35)32(22-11-5-2-6-12-22)27(34)17-20-9-3-1-4-10-20/h1,3-4,7-10,13-14,19,22,24,26,28,33,35H,2,5-6,11-12,15-18H2,(H,31,36). The van der Waals surface area contributed by atoms with Crippen LogP contribution in [0.3, 0.4) is 0 Å². The van der Waals surface area contributed by atoms with Gasteiger partial charge in [-0.3, -0.25) is 9.59 Å². The molecule has 4 rings (SSSR count). The van der Waals surface area contributed by atoms with Crippen LogP contribution >= 0.6 is 22.6 Å². The van der Waals surface area contributed by atoms with Gasteiger partial charge in [-0.05, 0) is 59.2 Å². The number of nitrogens with one attached hydrogen (secondary N) is 1. The van der Waals surface area contributed by atoms with Crippen molar-refractivity contribution < 1.29 is 24.5 Å². The first-order valence-electron chi connectivity index (χ1n) is 13.0. The number of rotatable bonds is 9. The van der Waals surface area contributed by atoms with Crippen LogP contribution in [0.1, 0.15) is 44.1 Å². The van der Waals surface area contributed by atoms with E-state index < -0.39 is 18.2 Å². The molecule has 3 atom stereocenters. The van der Waals surface area contributed by atoms with E-state index in [1.165, 1.54) is 0 Å². The van der Waals surface area contributed by atoms with Gasteiger partial charge in [-0.15, -0.1) is 0 Å². The predicted octanol–water partition coefficient (Wildman–Crippen LogP) is 3.61. The van der Waals surface area contributed by atoms with E-state index in [2.05, 4.69) is 27.9 Å². The van der Waals surface area contributed by atoms with E-state index in [0.29, 0.717) is 11.3 Å². The van der Waals surface area contributed by atoms with E-state index in [0.717, 1.165) is 41.2 Å². The molecule has 8 heteroatoms. The highest BCUT2D eigenvalue weighted by Gasteiger charge is 2.43. The molecule has 198 valence electrons. The van der Waals surface area contributed by atoms with Gasteiger partial charge >= 0.3 is 0 Å². The summed E-state index contributed by atoms with van der Waals surface area (Å²) in [5, 5.41) is 23.6. The number of aliphatic hydroxyl groups excluding tert-OH is 2. The molecule has 7 nitrogen and oxygen atoms in total. The van der Waals surface area contributed by atoms with Crippen LogP contribution in [0, 0.1) is 3.57 Å². The summed E-state index contributed by atoms with van der Waals surface area (Å²) in [4.78, 5) is 28.7. The van der Waals surface area contributed by atoms with Crippen molar-refractivity contribution in [3.05, 3.63) is 75.4 Å². The molecule has 2 amide bonds. The zero-order chi connectivity index (χ0) is 26.2. The second-order valence-corrected chi connectivity index (χ2v) is 10.9. The molecule has 2 aliphatic carbocycles. The van der Waals surface area contributed by atoms with Gasteiger partial charge in [0.25, 0.3) is 0 Å². The number of nitrogens with zero attached hydrogens (tertiary/aromatic N) is 1. The average molecular weight is 619 g/mol. The van der Waals surface area contributed by atoms with Crippen molar-refractivity contribution in [2.45, 2.75) is 69.2 Å². The van der Waals surface area contributed by atoms with Crippen LogP contribution in [-0.4, -0.2) is 64.4 Å². The highest BCUT2D eigenvalue weighted by atomic mass is 127. The van der Waals surface area contributed by atoms with Crippen molar-refractivity contribution in [1.82, 2.24) is 10.2 Å². The number of carbonyl (C=O) groups excluding carboxylic acids is 2. The zero-order valence-electron chi connectivity index (χ0n) is 20.9. The van der Waals surface area contributed by atoms with Crippen LogP contribution in [0.2, 0.25) is 0 Å². The maximum absolute atomic E-state index is 13.8. The first-order valence-corrected chi connectivity index (χ1v) is 14.1. The van der Waals surface area contributed by atoms with Crippen molar-refractivity contribution in [3.63, 3.8) is 0 Å². The smallest absolute Gasteiger partial charge is 0.247 e. The van der Waals surface area contributed by atoms with Crippen LogP contribution in [0.15, 0.2) is 66.2 Å². The molecule has 2 aliphatic rings. The van der Waals surface area contributed by atoms with Crippen molar-refractivity contribution in [2.24, 2.45) is 0 Å². The predicted molar refractivity (Wildman–Crippen MR) is 150 cm³/mol. The highest BCUT2D eigenvalue weighted by molar-refractivity contribution is 14.1. The number of carbonyl (C=O) groups is 2. The average Bonchev–Trinajstić information content (AvgIpc) is 2.91. The zero-order valence-corrected chi connectivity index (χ0v) is 23.0. The topological polar surface area (TPSA) is 99.1 Å². The summed E-state index contributed by atoms with van der Waals surface area (Å²) >= 11 is 2.18. The Morgan fingerprint density at radius 1 is 1.03 bits per heavy atom. The molecule has 0 spiro atoms. The van der Waals surface area contributed by atoms with Gasteiger partial charge in [-0.25, -0.2) is 0 Å². The van der Waals surface area contributed by atoms with E-state index >= 15 is 0 Å². The van der Waals surface area contributed by atoms with Crippen LogP contribution in [-0.2, 0) is 16.0 Å². The maximum atomic E-state index is 13.8. The van der Waals surface area contributed by atoms with Gasteiger partial charge in [0, 0.05) is 24.6 Å². The highest BCUT2D eigenvalue weighted by Crippen LogP contribution is 2.33. The van der Waals surface area contributed by atoms with Crippen LogP contribution in [0.5, 0.6) is 5.75 Å². The van der Waals surface area contributed by atoms with Crippen molar-refractivity contribution in [2.75, 3.05) is 13.2 Å². The summed E-state index contributed by atoms with van der Waals surface area (Å²) in [5.74, 6) is 0.243. The van der Waals surface area contributed by atoms with Crippen molar-refractivity contribution in [1.29, 1.82) is 0 Å². The number of hydrogen-bond donors (Lipinski definition) is 3. The fourth-order valence-corrected chi connectivity index (χ4v) is 5.83. The molecule has 3 unspecified atom stereocenters. The number of para-hydroxylation sites is 1. The van der Waals surface area contributed by atoms with Crippen LogP contribution in [0.4, 0.5) is 0 Å². The summed E-state index contributed by atoms with van der Waals surface area (Å²) in [6.07, 6.45) is 5.26. The number of aliphatic hydroxyl groups is 2. The van der Waals surface area contributed by atoms with E-state index in [1.807, 2.05) is 59.5 Å². The molecule has 0 aromatic heterocycles. The van der Waals surface area contributed by atoms with Crippen molar-refractivity contribution >= 4 is 34.4 Å². The number of hydrogen-bond acceptors (Lipinski definition) is 5. The number of ether oxygens (including phenoxy) is 1. The van der Waals surface area contributed by atoms with E-state index in [-0.39, 0.29) is 43.8 Å². The largest absolute Gasteiger partial charge is 0.482 e. The third kappa shape index (κ3) is 7.12. The van der Waals surface area contributed by atoms with E-state index in [9.17, 15) is 19.8 Å². The maximum Gasteiger partial charge on any atom is 0.247 e. The minimum absolute atomic E-state index is 0.00183. The molecule has 0 aliphatic heterocycles. The molecular weight excluding hydrogens is 583 g/mol. The Morgan fingerprint density at radius 2 is 1.73 bits per heavy atom. The fourth-order valence-electron chi connectivity index (χ4n) is 5.32. The lowest BCUT2D eigenvalue weighted by Gasteiger charge is -2.45. The van der Waals surface area contributed by atoms with Gasteiger partial charge in [0.15, 0.2) is 0 Å². The fraction of sp³-hybridized carbons (Fsp3) is 0.448. The number of amides is 2. The minimum atomic E-state index is -1.01. The monoisotopic (exact) mass is 618 g/mol. The molecule has 2 aromatic rings. The molecule has 1 fully saturated rings. The molecule has 0 heterocycles. The van der Waals surface area contributed by atoms with E-state index in [4.69, 9.17) is 4.74 Å². The normalized spacial score (nSPS) is 22.1. The first-order chi connectivity index (χ1) is 18.0. The lowest BCUT2D eigenvalue weighted by atomic mass is 9.84. The summed E-state index contributed by atoms with van der Waals surface area (Å²) in [6.45, 7) is -0.0399. The molecule has 37 heavy (non-hydrogen) atoms. The third-order valence-corrected chi connectivity index (χ3v) is 8.02. The van der Waals surface area contributed by atoms with Gasteiger partial charge < -0.3 is 25.2 Å². The second kappa shape index (κ2) is 13.4. The Hall–Kier alpha value is -2.43. The SMILES string of the molecule is O=C(NCCO)C1=CC(Oc2ccccc2I)C(O)C(N(C(=O)Cc2ccccc2)C2CCCCC2)C1. The van der Waals surface area contributed by atoms with Gasteiger partial charge in [0.2, 0.25) is 11.8 Å². The minimum Gasteiger partial charge on any atom is -0.482 e. The van der Waals surface area contributed by atoms with Crippen molar-refractivity contribution in [3.8, 4) is 5.75 Å². The number of benzene rings is 2. The quantitative estimate of drug-likeness (QED) is 0.373. The Kier molecular flexibility index (Phi) is 9.99. The third-order valence-electron chi connectivity index (χ3n) is 7.13. The molecule has 1 saturated carbocycles. The molecular formula is C29H35IN2O5. The summed E-state index contributed by atoms with van der Waals surface area (Å²) < 4.78 is 7.14. The van der Waals surface area contributed by atoms with Gasteiger partial charge in [-0.1, -0.05) is 61.7 Å². The second-order valence-electron chi connectivity index (χ2n) is 9.70. The van der Waals surface area contributed by atoms with Crippen LogP contribution < -0.4 is 10.1 Å². The molecule has 3 N–H and O–H groups in total. The molecule has 0 saturated heterocycles. The van der Waals surface area contributed by atoms with Gasteiger partial charge in [-0.2, -0.15) is 0 Å². The Bertz CT molecular complexity index is 1090. The Labute approximate surface area is 232 Å². The Morgan fingerprint density at radius 3 is 2.43 bits per heavy atom. The summed E-state index contributed by atoms with van der Waals surface area (Å²) in [6, 6.07) is 16.5. The molecule has 0 bridgehead atoms. The van der Waals surface area contributed by atoms with E-state index in [1.54, 1.807) is 6.08 Å². The van der Waals surface area contributed by atoms with Gasteiger partial charge in [0.1, 0.15) is 18.0 Å². The Balaban J connectivity index is 1.67. The molecule has 2 aromatic carbocycles. The van der Waals surface area contributed by atoms with Crippen LogP contribution in [0.25, 0.3) is 0 Å². The van der Waals surface area contributed by atoms with Gasteiger partial charge in [0.05, 0.1) is 22.6 Å². The first kappa shape index (κ1) is 27.6.